The molecule has 2 rings (SSSR count). The van der Waals surface area contributed by atoms with E-state index in [-0.39, 0.29) is 0 Å². The Kier molecular flexibility index (Phi) is 2.06. The van der Waals surface area contributed by atoms with E-state index in [1.807, 2.05) is 24.3 Å². The molecule has 0 aliphatic rings. The maximum absolute atomic E-state index is 5.59. The van der Waals surface area contributed by atoms with Gasteiger partial charge in [-0.25, -0.2) is 0 Å². The van der Waals surface area contributed by atoms with Crippen LogP contribution in [0.1, 0.15) is 0 Å². The van der Waals surface area contributed by atoms with Crippen LogP contribution >= 0.6 is 0 Å². The molecule has 0 atom stereocenters. The largest absolute Gasteiger partial charge is 0.497 e. The molecule has 14 heavy (non-hydrogen) atoms. The van der Waals surface area contributed by atoms with Gasteiger partial charge in [-0.05, 0) is 24.3 Å². The molecular weight excluding hydrogens is 180 g/mol. The second-order valence-corrected chi connectivity index (χ2v) is 2.70. The third-order valence-electron chi connectivity index (χ3n) is 1.84. The quantitative estimate of drug-likeness (QED) is 0.753. The van der Waals surface area contributed by atoms with E-state index in [9.17, 15) is 0 Å². The molecule has 0 unspecified atom stereocenters. The van der Waals surface area contributed by atoms with E-state index in [0.29, 0.717) is 5.82 Å². The number of benzene rings is 1. The molecule has 0 fully saturated rings. The molecule has 71 valence electrons. The first-order valence-corrected chi connectivity index (χ1v) is 4.04. The topological polar surface area (TPSA) is 66.0 Å². The first-order valence-electron chi connectivity index (χ1n) is 4.04. The van der Waals surface area contributed by atoms with Gasteiger partial charge >= 0.3 is 0 Å². The highest BCUT2D eigenvalue weighted by molar-refractivity contribution is 5.41. The zero-order valence-corrected chi connectivity index (χ0v) is 7.64. The van der Waals surface area contributed by atoms with Gasteiger partial charge in [0.2, 0.25) is 0 Å². The van der Waals surface area contributed by atoms with Crippen molar-refractivity contribution < 1.29 is 4.74 Å². The van der Waals surface area contributed by atoms with Crippen LogP contribution in [0, 0.1) is 6.20 Å². The Morgan fingerprint density at radius 2 is 2.07 bits per heavy atom. The average molecular weight is 189 g/mol. The lowest BCUT2D eigenvalue weighted by Crippen LogP contribution is -2.01. The van der Waals surface area contributed by atoms with Gasteiger partial charge in [-0.2, -0.15) is 4.68 Å². The molecule has 1 heterocycles. The first-order chi connectivity index (χ1) is 6.81. The van der Waals surface area contributed by atoms with Crippen LogP contribution in [0.2, 0.25) is 0 Å². The predicted octanol–water partition coefficient (Wildman–Crippen LogP) is 0.658. The first kappa shape index (κ1) is 8.55. The zero-order valence-electron chi connectivity index (χ0n) is 7.64. The highest BCUT2D eigenvalue weighted by Gasteiger charge is 2.02. The smallest absolute Gasteiger partial charge is 0.161 e. The number of rotatable bonds is 2. The van der Waals surface area contributed by atoms with Gasteiger partial charge in [0, 0.05) is 0 Å². The molecule has 5 nitrogen and oxygen atoms in total. The number of nitrogens with two attached hydrogens (primary N) is 1. The molecule has 2 aromatic rings. The predicted molar refractivity (Wildman–Crippen MR) is 51.2 cm³/mol. The number of hydrogen-bond donors (Lipinski definition) is 1. The summed E-state index contributed by atoms with van der Waals surface area (Å²) in [4.78, 5) is 0. The summed E-state index contributed by atoms with van der Waals surface area (Å²) in [5, 5.41) is 7.36. The molecule has 1 aromatic carbocycles. The number of methoxy groups -OCH3 is 1. The molecule has 0 aliphatic carbocycles. The fourth-order valence-corrected chi connectivity index (χ4v) is 1.13. The minimum absolute atomic E-state index is 0.384. The third kappa shape index (κ3) is 1.39. The van der Waals surface area contributed by atoms with E-state index in [0.717, 1.165) is 11.4 Å². The number of nitrogen functional groups attached to an aromatic ring is 1. The van der Waals surface area contributed by atoms with E-state index >= 15 is 0 Å². The van der Waals surface area contributed by atoms with Crippen LogP contribution in [0.25, 0.3) is 5.69 Å². The van der Waals surface area contributed by atoms with Gasteiger partial charge in [0.05, 0.1) is 12.8 Å². The Morgan fingerprint density at radius 3 is 2.57 bits per heavy atom. The summed E-state index contributed by atoms with van der Waals surface area (Å²) in [5.41, 5.74) is 6.42. The van der Waals surface area contributed by atoms with Crippen molar-refractivity contribution in [3.63, 3.8) is 0 Å². The monoisotopic (exact) mass is 189 g/mol. The number of hydrogen-bond acceptors (Lipinski definition) is 4. The Balaban J connectivity index is 2.39. The summed E-state index contributed by atoms with van der Waals surface area (Å²) in [6.07, 6.45) is 2.54. The van der Waals surface area contributed by atoms with Gasteiger partial charge in [-0.15, -0.1) is 5.10 Å². The van der Waals surface area contributed by atoms with Crippen molar-refractivity contribution >= 4 is 5.82 Å². The van der Waals surface area contributed by atoms with E-state index in [1.54, 1.807) is 7.11 Å². The second kappa shape index (κ2) is 3.37. The lowest BCUT2D eigenvalue weighted by atomic mass is 10.3. The van der Waals surface area contributed by atoms with Crippen LogP contribution in [0.3, 0.4) is 0 Å². The van der Waals surface area contributed by atoms with E-state index in [4.69, 9.17) is 10.5 Å². The molecule has 0 amide bonds. The zero-order chi connectivity index (χ0) is 9.97. The third-order valence-corrected chi connectivity index (χ3v) is 1.84. The van der Waals surface area contributed by atoms with Crippen molar-refractivity contribution in [2.24, 2.45) is 0 Å². The molecule has 0 saturated carbocycles. The number of anilines is 1. The van der Waals surface area contributed by atoms with Crippen molar-refractivity contribution in [3.05, 3.63) is 30.5 Å². The summed E-state index contributed by atoms with van der Waals surface area (Å²) < 4.78 is 6.53. The lowest BCUT2D eigenvalue weighted by molar-refractivity contribution is 0.414. The van der Waals surface area contributed by atoms with E-state index in [2.05, 4.69) is 16.5 Å². The minimum Gasteiger partial charge on any atom is -0.497 e. The molecule has 0 bridgehead atoms. The molecule has 0 spiro atoms. The van der Waals surface area contributed by atoms with Gasteiger partial charge in [0.15, 0.2) is 12.0 Å². The highest BCUT2D eigenvalue weighted by Crippen LogP contribution is 2.15. The fraction of sp³-hybridized carbons (Fsp3) is 0.111. The number of ether oxygens (including phenoxy) is 1. The summed E-state index contributed by atoms with van der Waals surface area (Å²) in [7, 11) is 1.62. The van der Waals surface area contributed by atoms with Crippen molar-refractivity contribution in [2.45, 2.75) is 0 Å². The maximum atomic E-state index is 5.59. The average Bonchev–Trinajstić information content (AvgIpc) is 2.65. The standard InChI is InChI=1S/C9H9N4O/c1-14-8-4-2-7(3-5-8)13-9(10)6-11-12-13/h2-5H,10H2,1H3. The van der Waals surface area contributed by atoms with E-state index in [1.165, 1.54) is 4.68 Å². The fourth-order valence-electron chi connectivity index (χ4n) is 1.13. The Morgan fingerprint density at radius 1 is 1.36 bits per heavy atom. The van der Waals surface area contributed by atoms with Gasteiger partial charge in [-0.3, -0.25) is 0 Å². The van der Waals surface area contributed by atoms with Gasteiger partial charge < -0.3 is 10.5 Å². The molecule has 2 N–H and O–H groups in total. The summed E-state index contributed by atoms with van der Waals surface area (Å²) in [6.45, 7) is 0. The minimum atomic E-state index is 0.384. The van der Waals surface area contributed by atoms with E-state index < -0.39 is 0 Å². The molecule has 0 aliphatic heterocycles. The number of nitrogens with zero attached hydrogens (tertiary/aromatic N) is 3. The van der Waals surface area contributed by atoms with Crippen molar-refractivity contribution in [1.29, 1.82) is 0 Å². The second-order valence-electron chi connectivity index (χ2n) is 2.70. The normalized spacial score (nSPS) is 10.1. The molecule has 0 saturated heterocycles. The Bertz CT molecular complexity index is 421. The van der Waals surface area contributed by atoms with Gasteiger partial charge in [-0.1, -0.05) is 5.21 Å². The summed E-state index contributed by atoms with van der Waals surface area (Å²) >= 11 is 0. The van der Waals surface area contributed by atoms with Crippen molar-refractivity contribution in [3.8, 4) is 11.4 Å². The number of aromatic nitrogens is 3. The van der Waals surface area contributed by atoms with Crippen LogP contribution in [-0.4, -0.2) is 22.1 Å². The van der Waals surface area contributed by atoms with Crippen LogP contribution in [0.5, 0.6) is 5.75 Å². The molecule has 1 radical (unpaired) electrons. The van der Waals surface area contributed by atoms with Crippen LogP contribution in [-0.2, 0) is 0 Å². The van der Waals surface area contributed by atoms with Gasteiger partial charge in [0.25, 0.3) is 0 Å². The van der Waals surface area contributed by atoms with Crippen LogP contribution in [0.4, 0.5) is 5.82 Å². The van der Waals surface area contributed by atoms with Crippen LogP contribution < -0.4 is 10.5 Å². The summed E-state index contributed by atoms with van der Waals surface area (Å²) in [6, 6.07) is 7.35. The molecule has 5 heteroatoms. The van der Waals surface area contributed by atoms with Crippen molar-refractivity contribution in [1.82, 2.24) is 15.0 Å². The summed E-state index contributed by atoms with van der Waals surface area (Å²) in [5.74, 6) is 1.17. The maximum Gasteiger partial charge on any atom is 0.161 e. The van der Waals surface area contributed by atoms with Crippen LogP contribution in [0.15, 0.2) is 24.3 Å². The SMILES string of the molecule is COc1ccc(-n2nn[c]c2N)cc1. The Hall–Kier alpha value is -2.04. The lowest BCUT2D eigenvalue weighted by Gasteiger charge is -2.03. The Labute approximate surface area is 81.1 Å². The highest BCUT2D eigenvalue weighted by atomic mass is 16.5. The van der Waals surface area contributed by atoms with Crippen molar-refractivity contribution in [2.75, 3.05) is 12.8 Å². The molecule has 1 aromatic heterocycles. The molecular formula is C9H9N4O. The van der Waals surface area contributed by atoms with Gasteiger partial charge in [0.1, 0.15) is 5.75 Å².